The first kappa shape index (κ1) is 16.1. The molecule has 126 valence electrons. The van der Waals surface area contributed by atoms with Crippen LogP contribution in [-0.4, -0.2) is 28.1 Å². The maximum atomic E-state index is 12.7. The third-order valence-corrected chi connectivity index (χ3v) is 4.00. The maximum Gasteiger partial charge on any atom is 0.416 e. The SMILES string of the molecule is Cc1cn2c(c1C(=O)O)C(=O)N(c1ccc(C(F)(F)F)cc1)CC2. The van der Waals surface area contributed by atoms with Crippen molar-refractivity contribution in [3.05, 3.63) is 52.8 Å². The fourth-order valence-corrected chi connectivity index (χ4v) is 2.88. The van der Waals surface area contributed by atoms with Crippen LogP contribution in [-0.2, 0) is 12.7 Å². The molecule has 0 spiro atoms. The van der Waals surface area contributed by atoms with Gasteiger partial charge in [-0.05, 0) is 36.8 Å². The molecule has 1 N–H and O–H groups in total. The molecule has 2 aromatic rings. The number of aromatic carboxylic acids is 1. The van der Waals surface area contributed by atoms with E-state index in [0.717, 1.165) is 12.1 Å². The van der Waals surface area contributed by atoms with Gasteiger partial charge in [-0.25, -0.2) is 4.79 Å². The first-order valence-electron chi connectivity index (χ1n) is 7.12. The second-order valence-electron chi connectivity index (χ2n) is 5.54. The number of benzene rings is 1. The molecule has 24 heavy (non-hydrogen) atoms. The van der Waals surface area contributed by atoms with Gasteiger partial charge in [0, 0.05) is 25.0 Å². The molecule has 2 heterocycles. The van der Waals surface area contributed by atoms with Crippen LogP contribution in [0.15, 0.2) is 30.5 Å². The van der Waals surface area contributed by atoms with E-state index in [0.29, 0.717) is 17.8 Å². The van der Waals surface area contributed by atoms with Crippen molar-refractivity contribution < 1.29 is 27.9 Å². The van der Waals surface area contributed by atoms with E-state index in [9.17, 15) is 27.9 Å². The van der Waals surface area contributed by atoms with Crippen LogP contribution < -0.4 is 4.90 Å². The number of aryl methyl sites for hydroxylation is 1. The Hall–Kier alpha value is -2.77. The minimum atomic E-state index is -4.45. The van der Waals surface area contributed by atoms with Crippen LogP contribution in [0.25, 0.3) is 0 Å². The monoisotopic (exact) mass is 338 g/mol. The second-order valence-corrected chi connectivity index (χ2v) is 5.54. The fraction of sp³-hybridized carbons (Fsp3) is 0.250. The van der Waals surface area contributed by atoms with Crippen molar-refractivity contribution in [2.45, 2.75) is 19.6 Å². The summed E-state index contributed by atoms with van der Waals surface area (Å²) in [5, 5.41) is 9.30. The molecule has 0 saturated carbocycles. The molecule has 0 bridgehead atoms. The smallest absolute Gasteiger partial charge is 0.416 e. The molecule has 0 unspecified atom stereocenters. The van der Waals surface area contributed by atoms with Gasteiger partial charge < -0.3 is 14.6 Å². The highest BCUT2D eigenvalue weighted by Gasteiger charge is 2.33. The van der Waals surface area contributed by atoms with Gasteiger partial charge in [-0.3, -0.25) is 4.79 Å². The van der Waals surface area contributed by atoms with Crippen molar-refractivity contribution in [1.29, 1.82) is 0 Å². The van der Waals surface area contributed by atoms with Gasteiger partial charge in [-0.1, -0.05) is 0 Å². The first-order chi connectivity index (χ1) is 11.2. The number of carbonyl (C=O) groups excluding carboxylic acids is 1. The Kier molecular flexibility index (Phi) is 3.62. The standard InChI is InChI=1S/C16H13F3N2O3/c1-9-8-20-6-7-21(14(22)13(20)12(9)15(23)24)11-4-2-10(3-5-11)16(17,18)19/h2-5,8H,6-7H2,1H3,(H,23,24). The number of aromatic nitrogens is 1. The topological polar surface area (TPSA) is 62.5 Å². The molecule has 1 aliphatic heterocycles. The summed E-state index contributed by atoms with van der Waals surface area (Å²) in [5.74, 6) is -1.74. The zero-order valence-electron chi connectivity index (χ0n) is 12.6. The third kappa shape index (κ3) is 2.53. The Labute approximate surface area is 134 Å². The summed E-state index contributed by atoms with van der Waals surface area (Å²) in [6.45, 7) is 2.23. The van der Waals surface area contributed by atoms with Gasteiger partial charge in [-0.15, -0.1) is 0 Å². The molecule has 0 fully saturated rings. The predicted molar refractivity (Wildman–Crippen MR) is 79.2 cm³/mol. The van der Waals surface area contributed by atoms with Crippen molar-refractivity contribution in [3.63, 3.8) is 0 Å². The van der Waals surface area contributed by atoms with Crippen molar-refractivity contribution in [2.75, 3.05) is 11.4 Å². The summed E-state index contributed by atoms with van der Waals surface area (Å²) in [6.07, 6.45) is -2.85. The molecule has 1 aliphatic rings. The lowest BCUT2D eigenvalue weighted by molar-refractivity contribution is -0.137. The summed E-state index contributed by atoms with van der Waals surface area (Å²) in [5.41, 5.74) is -0.0570. The maximum absolute atomic E-state index is 12.7. The Morgan fingerprint density at radius 1 is 1.17 bits per heavy atom. The minimum absolute atomic E-state index is 0.0474. The Morgan fingerprint density at radius 3 is 2.33 bits per heavy atom. The largest absolute Gasteiger partial charge is 0.478 e. The van der Waals surface area contributed by atoms with Crippen molar-refractivity contribution in [1.82, 2.24) is 4.57 Å². The molecule has 0 atom stereocenters. The number of hydrogen-bond donors (Lipinski definition) is 1. The molecule has 3 rings (SSSR count). The number of carbonyl (C=O) groups is 2. The van der Waals surface area contributed by atoms with E-state index >= 15 is 0 Å². The molecule has 0 aliphatic carbocycles. The van der Waals surface area contributed by atoms with E-state index in [4.69, 9.17) is 0 Å². The summed E-state index contributed by atoms with van der Waals surface area (Å²) in [6, 6.07) is 4.23. The summed E-state index contributed by atoms with van der Waals surface area (Å²) < 4.78 is 39.5. The molecule has 1 aromatic heterocycles. The molecule has 0 radical (unpaired) electrons. The number of carboxylic acids is 1. The third-order valence-electron chi connectivity index (χ3n) is 4.00. The van der Waals surface area contributed by atoms with Gasteiger partial charge in [0.1, 0.15) is 5.69 Å². The Balaban J connectivity index is 1.98. The van der Waals surface area contributed by atoms with Crippen molar-refractivity contribution in [2.24, 2.45) is 0 Å². The lowest BCUT2D eigenvalue weighted by atomic mass is 10.1. The highest BCUT2D eigenvalue weighted by molar-refractivity contribution is 6.12. The second kappa shape index (κ2) is 5.40. The minimum Gasteiger partial charge on any atom is -0.478 e. The van der Waals surface area contributed by atoms with E-state index < -0.39 is 23.6 Å². The average Bonchev–Trinajstić information content (AvgIpc) is 2.84. The lowest BCUT2D eigenvalue weighted by Gasteiger charge is -2.29. The number of halogens is 3. The molecule has 1 amide bonds. The molecule has 0 saturated heterocycles. The highest BCUT2D eigenvalue weighted by atomic mass is 19.4. The van der Waals surface area contributed by atoms with Crippen LogP contribution in [0, 0.1) is 6.92 Å². The van der Waals surface area contributed by atoms with Crippen LogP contribution in [0.4, 0.5) is 18.9 Å². The Morgan fingerprint density at radius 2 is 1.79 bits per heavy atom. The van der Waals surface area contributed by atoms with Gasteiger partial charge in [-0.2, -0.15) is 13.2 Å². The van der Waals surface area contributed by atoms with Crippen LogP contribution in [0.1, 0.15) is 32.0 Å². The van der Waals surface area contributed by atoms with E-state index in [1.165, 1.54) is 17.0 Å². The molecular weight excluding hydrogens is 325 g/mol. The van der Waals surface area contributed by atoms with E-state index in [1.807, 2.05) is 0 Å². The van der Waals surface area contributed by atoms with Gasteiger partial charge >= 0.3 is 12.1 Å². The van der Waals surface area contributed by atoms with Crippen molar-refractivity contribution in [3.8, 4) is 0 Å². The first-order valence-corrected chi connectivity index (χ1v) is 7.12. The summed E-state index contributed by atoms with van der Waals surface area (Å²) in [4.78, 5) is 25.3. The molecule has 8 heteroatoms. The zero-order chi connectivity index (χ0) is 17.6. The Bertz CT molecular complexity index is 822. The predicted octanol–water partition coefficient (Wildman–Crippen LogP) is 3.17. The zero-order valence-corrected chi connectivity index (χ0v) is 12.6. The fourth-order valence-electron chi connectivity index (χ4n) is 2.88. The van der Waals surface area contributed by atoms with Gasteiger partial charge in [0.15, 0.2) is 0 Å². The lowest BCUT2D eigenvalue weighted by Crippen LogP contribution is -2.40. The number of nitrogens with zero attached hydrogens (tertiary/aromatic N) is 2. The van der Waals surface area contributed by atoms with Crippen LogP contribution >= 0.6 is 0 Å². The molecule has 5 nitrogen and oxygen atoms in total. The van der Waals surface area contributed by atoms with Gasteiger partial charge in [0.2, 0.25) is 0 Å². The average molecular weight is 338 g/mol. The van der Waals surface area contributed by atoms with E-state index in [1.54, 1.807) is 17.7 Å². The van der Waals surface area contributed by atoms with Gasteiger partial charge in [0.05, 0.1) is 11.1 Å². The number of fused-ring (bicyclic) bond motifs is 1. The summed E-state index contributed by atoms with van der Waals surface area (Å²) in [7, 11) is 0. The van der Waals surface area contributed by atoms with Crippen LogP contribution in [0.5, 0.6) is 0 Å². The van der Waals surface area contributed by atoms with Gasteiger partial charge in [0.25, 0.3) is 5.91 Å². The summed E-state index contributed by atoms with van der Waals surface area (Å²) >= 11 is 0. The van der Waals surface area contributed by atoms with Crippen LogP contribution in [0.2, 0.25) is 0 Å². The quantitative estimate of drug-likeness (QED) is 0.915. The normalized spacial score (nSPS) is 14.7. The molecule has 1 aromatic carbocycles. The number of rotatable bonds is 2. The molecular formula is C16H13F3N2O3. The highest BCUT2D eigenvalue weighted by Crippen LogP contribution is 2.32. The van der Waals surface area contributed by atoms with E-state index in [2.05, 4.69) is 0 Å². The number of amides is 1. The van der Waals surface area contributed by atoms with E-state index in [-0.39, 0.29) is 17.8 Å². The van der Waals surface area contributed by atoms with Crippen LogP contribution in [0.3, 0.4) is 0 Å². The number of hydrogen-bond acceptors (Lipinski definition) is 2. The number of alkyl halides is 3. The number of anilines is 1. The van der Waals surface area contributed by atoms with Crippen molar-refractivity contribution >= 4 is 17.6 Å². The number of carboxylic acid groups (broad SMARTS) is 1.